The highest BCUT2D eigenvalue weighted by Crippen LogP contribution is 2.43. The fourth-order valence-electron chi connectivity index (χ4n) is 8.67. The number of carbonyl (C=O) groups is 3. The van der Waals surface area contributed by atoms with Gasteiger partial charge in [-0.05, 0) is 77.3 Å². The Kier molecular flexibility index (Phi) is 14.0. The van der Waals surface area contributed by atoms with E-state index in [1.54, 1.807) is 84.5 Å². The normalized spacial score (nSPS) is 18.4. The fraction of sp³-hybridized carbons (Fsp3) is 0.449. The van der Waals surface area contributed by atoms with Crippen molar-refractivity contribution >= 4 is 40.0 Å². The third kappa shape index (κ3) is 9.80. The number of ketones is 2. The molecule has 2 aliphatic rings. The van der Waals surface area contributed by atoms with Crippen molar-refractivity contribution in [2.75, 3.05) is 68.8 Å². The van der Waals surface area contributed by atoms with E-state index in [1.807, 2.05) is 46.8 Å². The summed E-state index contributed by atoms with van der Waals surface area (Å²) in [6, 6.07) is 7.20. The van der Waals surface area contributed by atoms with Gasteiger partial charge in [0.25, 0.3) is 0 Å². The summed E-state index contributed by atoms with van der Waals surface area (Å²) >= 11 is 0. The number of piperidine rings is 2. The summed E-state index contributed by atoms with van der Waals surface area (Å²) in [6.07, 6.45) is 9.42. The molecule has 0 bridgehead atoms. The minimum Gasteiger partial charge on any atom is -0.493 e. The zero-order valence-corrected chi connectivity index (χ0v) is 40.1. The predicted molar refractivity (Wildman–Crippen MR) is 252 cm³/mol. The molecule has 2 aliphatic heterocycles. The van der Waals surface area contributed by atoms with E-state index in [9.17, 15) is 14.4 Å². The summed E-state index contributed by atoms with van der Waals surface area (Å²) in [5, 5.41) is 3.33. The lowest BCUT2D eigenvalue weighted by Crippen LogP contribution is -2.49. The van der Waals surface area contributed by atoms with Crippen molar-refractivity contribution in [2.24, 2.45) is 10.8 Å². The first kappa shape index (κ1) is 48.0. The highest BCUT2D eigenvalue weighted by Gasteiger charge is 2.42. The average molecular weight is 921 g/mol. The third-order valence-corrected chi connectivity index (χ3v) is 12.2. The molecule has 1 amide bonds. The van der Waals surface area contributed by atoms with Crippen molar-refractivity contribution < 1.29 is 47.5 Å². The lowest BCUT2D eigenvalue weighted by atomic mass is 9.76. The molecule has 18 nitrogen and oxygen atoms in total. The molecule has 4 aromatic heterocycles. The summed E-state index contributed by atoms with van der Waals surface area (Å²) in [4.78, 5) is 66.2. The van der Waals surface area contributed by atoms with Gasteiger partial charge in [0.1, 0.15) is 16.6 Å². The summed E-state index contributed by atoms with van der Waals surface area (Å²) < 4.78 is 38.2. The number of ether oxygens (including phenoxy) is 7. The van der Waals surface area contributed by atoms with Crippen LogP contribution in [0.3, 0.4) is 0 Å². The zero-order chi connectivity index (χ0) is 48.3. The van der Waals surface area contributed by atoms with Gasteiger partial charge in [0.15, 0.2) is 45.9 Å². The van der Waals surface area contributed by atoms with E-state index in [0.717, 1.165) is 24.9 Å². The molecular weight excluding hydrogens is 861 g/mol. The Balaban J connectivity index is 0.000000203. The number of aromatic amines is 2. The molecule has 67 heavy (non-hydrogen) atoms. The van der Waals surface area contributed by atoms with Crippen LogP contribution >= 0.6 is 0 Å². The van der Waals surface area contributed by atoms with Gasteiger partial charge in [-0.15, -0.1) is 0 Å². The number of H-pyrrole nitrogens is 2. The summed E-state index contributed by atoms with van der Waals surface area (Å²) in [5.41, 5.74) is 3.90. The lowest BCUT2D eigenvalue weighted by molar-refractivity contribution is 0.00852. The number of carbonyl (C=O) groups excluding carboxylic acids is 3. The zero-order valence-electron chi connectivity index (χ0n) is 40.1. The molecule has 8 rings (SSSR count). The van der Waals surface area contributed by atoms with Gasteiger partial charge >= 0.3 is 6.09 Å². The van der Waals surface area contributed by atoms with Crippen molar-refractivity contribution in [3.8, 4) is 57.0 Å². The summed E-state index contributed by atoms with van der Waals surface area (Å²) in [6.45, 7) is 11.8. The van der Waals surface area contributed by atoms with Crippen molar-refractivity contribution in [3.63, 3.8) is 0 Å². The molecule has 0 aliphatic carbocycles. The molecule has 0 radical (unpaired) electrons. The molecule has 2 saturated heterocycles. The molecule has 18 heteroatoms. The second-order valence-electron chi connectivity index (χ2n) is 18.2. The molecule has 2 fully saturated rings. The second-order valence-corrected chi connectivity index (χ2v) is 18.2. The monoisotopic (exact) mass is 920 g/mol. The number of fused-ring (bicyclic) bond motifs is 2. The van der Waals surface area contributed by atoms with Gasteiger partial charge < -0.3 is 53.3 Å². The number of aromatic nitrogens is 6. The van der Waals surface area contributed by atoms with E-state index < -0.39 is 22.5 Å². The summed E-state index contributed by atoms with van der Waals surface area (Å²) in [5.74, 6) is 3.00. The quantitative estimate of drug-likeness (QED) is 0.0990. The number of Topliss-reactive ketones (excluding diaryl/α,β-unsaturated/α-hetero) is 2. The number of rotatable bonds is 12. The number of benzene rings is 2. The van der Waals surface area contributed by atoms with Crippen LogP contribution in [0.4, 0.5) is 4.79 Å². The van der Waals surface area contributed by atoms with E-state index in [-0.39, 0.29) is 18.1 Å². The Bertz CT molecular complexity index is 2740. The topological polar surface area (TPSA) is 214 Å². The summed E-state index contributed by atoms with van der Waals surface area (Å²) in [7, 11) is 9.33. The molecule has 6 aromatic rings. The highest BCUT2D eigenvalue weighted by molar-refractivity contribution is 6.10. The molecule has 6 heterocycles. The number of likely N-dealkylation sites (tertiary alicyclic amines) is 1. The smallest absolute Gasteiger partial charge is 0.410 e. The Morgan fingerprint density at radius 1 is 0.642 bits per heavy atom. The van der Waals surface area contributed by atoms with Gasteiger partial charge in [-0.25, -0.2) is 24.7 Å². The highest BCUT2D eigenvalue weighted by atomic mass is 16.6. The Morgan fingerprint density at radius 3 is 1.49 bits per heavy atom. The van der Waals surface area contributed by atoms with Gasteiger partial charge in [0, 0.05) is 54.0 Å². The third-order valence-electron chi connectivity index (χ3n) is 12.2. The number of hydrogen-bond acceptors (Lipinski definition) is 15. The number of hydrogen-bond donors (Lipinski definition) is 3. The Labute approximate surface area is 389 Å². The van der Waals surface area contributed by atoms with Crippen molar-refractivity contribution in [1.82, 2.24) is 40.1 Å². The van der Waals surface area contributed by atoms with Crippen LogP contribution < -0.4 is 33.7 Å². The van der Waals surface area contributed by atoms with E-state index in [0.29, 0.717) is 111 Å². The van der Waals surface area contributed by atoms with Crippen LogP contribution in [0.15, 0.2) is 49.1 Å². The predicted octanol–water partition coefficient (Wildman–Crippen LogP) is 8.09. The molecule has 2 aromatic carbocycles. The van der Waals surface area contributed by atoms with Gasteiger partial charge in [-0.1, -0.05) is 13.8 Å². The van der Waals surface area contributed by atoms with Crippen LogP contribution in [0, 0.1) is 10.8 Å². The average Bonchev–Trinajstić information content (AvgIpc) is 3.96. The lowest BCUT2D eigenvalue weighted by Gasteiger charge is -2.39. The number of methoxy groups -OCH3 is 6. The maximum atomic E-state index is 13.9. The molecule has 2 unspecified atom stereocenters. The van der Waals surface area contributed by atoms with Crippen molar-refractivity contribution in [1.29, 1.82) is 0 Å². The molecule has 0 saturated carbocycles. The molecule has 3 N–H and O–H groups in total. The SMILES string of the molecule is COc1cc(-c2cnc3[nH]cc(C(=O)C4(C)CCCN(C(=O)OC(C)(C)C)C4)c3n2)cc(OC)c1OC.COc1cc(-c2cnc3[nH]cc(C(=O)C4(C)CCCNC4)c3n2)cc(OC)c1OC. The first-order valence-corrected chi connectivity index (χ1v) is 22.1. The molecule has 0 spiro atoms. The van der Waals surface area contributed by atoms with Crippen LogP contribution in [-0.4, -0.2) is 127 Å². The van der Waals surface area contributed by atoms with Gasteiger partial charge in [0.2, 0.25) is 11.5 Å². The molecule has 356 valence electrons. The number of nitrogens with one attached hydrogen (secondary N) is 3. The van der Waals surface area contributed by atoms with Crippen LogP contribution in [0.1, 0.15) is 81.0 Å². The van der Waals surface area contributed by atoms with Crippen molar-refractivity contribution in [2.45, 2.75) is 65.9 Å². The largest absolute Gasteiger partial charge is 0.493 e. The Hall–Kier alpha value is -6.95. The van der Waals surface area contributed by atoms with Gasteiger partial charge in [-0.2, -0.15) is 0 Å². The standard InChI is InChI=1S/C27H34N4O6.C22H26N4O4/c1-26(2,3)37-25(33)31-10-8-9-27(4,15-31)23(32)17-13-28-24-21(17)30-18(14-29-24)16-11-19(34-5)22(36-7)20(12-16)35-6;1-22(6-5-7-23-12-22)20(27)14-10-24-21-18(14)26-15(11-25-21)13-8-16(28-2)19(30-4)17(9-13)29-3/h11-14H,8-10,15H2,1-7H3,(H,28,29);8-11,23H,5-7,12H2,1-4H3,(H,24,25). The Morgan fingerprint density at radius 2 is 1.09 bits per heavy atom. The van der Waals surface area contributed by atoms with E-state index in [4.69, 9.17) is 43.1 Å². The van der Waals surface area contributed by atoms with E-state index in [1.165, 1.54) is 0 Å². The van der Waals surface area contributed by atoms with Crippen LogP contribution in [0.5, 0.6) is 34.5 Å². The minimum atomic E-state index is -0.783. The van der Waals surface area contributed by atoms with Crippen molar-refractivity contribution in [3.05, 3.63) is 60.2 Å². The first-order chi connectivity index (χ1) is 32.0. The first-order valence-electron chi connectivity index (χ1n) is 22.1. The molecule has 2 atom stereocenters. The fourth-order valence-corrected chi connectivity index (χ4v) is 8.67. The van der Waals surface area contributed by atoms with E-state index in [2.05, 4.69) is 25.3 Å². The van der Waals surface area contributed by atoms with E-state index >= 15 is 0 Å². The number of nitrogens with zero attached hydrogens (tertiary/aromatic N) is 5. The van der Waals surface area contributed by atoms with Gasteiger partial charge in [-0.3, -0.25) is 9.59 Å². The maximum Gasteiger partial charge on any atom is 0.410 e. The second kappa shape index (κ2) is 19.5. The van der Waals surface area contributed by atoms with Gasteiger partial charge in [0.05, 0.1) is 77.6 Å². The number of amides is 1. The molecular formula is C49H60N8O10. The van der Waals surface area contributed by atoms with Crippen LogP contribution in [-0.2, 0) is 4.74 Å². The van der Waals surface area contributed by atoms with Crippen LogP contribution in [0.25, 0.3) is 44.8 Å². The van der Waals surface area contributed by atoms with Crippen LogP contribution in [0.2, 0.25) is 0 Å². The minimum absolute atomic E-state index is 0.0808. The maximum absolute atomic E-state index is 13.9.